The first-order chi connectivity index (χ1) is 8.22. The molecular weight excluding hydrogens is 282 g/mol. The van der Waals surface area contributed by atoms with E-state index in [-0.39, 0.29) is 12.2 Å². The topological polar surface area (TPSA) is 21.7 Å². The number of rotatable bonds is 4. The lowest BCUT2D eigenvalue weighted by Crippen LogP contribution is -2.27. The zero-order valence-corrected chi connectivity index (χ0v) is 11.8. The maximum atomic E-state index is 5.43. The van der Waals surface area contributed by atoms with Crippen molar-refractivity contribution in [2.75, 3.05) is 27.3 Å². The second kappa shape index (κ2) is 5.96. The van der Waals surface area contributed by atoms with Crippen LogP contribution < -0.4 is 0 Å². The molecule has 0 bridgehead atoms. The molecule has 1 heterocycles. The molecule has 2 atom stereocenters. The summed E-state index contributed by atoms with van der Waals surface area (Å²) in [6.45, 7) is 2.81. The summed E-state index contributed by atoms with van der Waals surface area (Å²) in [7, 11) is 3.50. The van der Waals surface area contributed by atoms with Gasteiger partial charge in [0.05, 0.1) is 12.2 Å². The molecule has 1 aromatic carbocycles. The average molecular weight is 300 g/mol. The molecular formula is C13H18BrNO2. The quantitative estimate of drug-likeness (QED) is 0.851. The lowest BCUT2D eigenvalue weighted by molar-refractivity contribution is -0.00461. The molecule has 0 aromatic heterocycles. The summed E-state index contributed by atoms with van der Waals surface area (Å²) in [6.07, 6.45) is 0.374. The van der Waals surface area contributed by atoms with Crippen molar-refractivity contribution in [3.8, 4) is 0 Å². The fourth-order valence-corrected chi connectivity index (χ4v) is 2.74. The van der Waals surface area contributed by atoms with Gasteiger partial charge in [0.2, 0.25) is 0 Å². The molecule has 0 aliphatic carbocycles. The second-order valence-electron chi connectivity index (χ2n) is 4.37. The first-order valence-corrected chi connectivity index (χ1v) is 6.54. The van der Waals surface area contributed by atoms with E-state index in [1.807, 2.05) is 6.07 Å². The molecule has 0 radical (unpaired) electrons. The van der Waals surface area contributed by atoms with Crippen LogP contribution in [0.5, 0.6) is 0 Å². The largest absolute Gasteiger partial charge is 0.377 e. The Morgan fingerprint density at radius 2 is 1.88 bits per heavy atom. The number of halogens is 1. The number of hydrogen-bond donors (Lipinski definition) is 0. The van der Waals surface area contributed by atoms with E-state index in [4.69, 9.17) is 9.47 Å². The van der Waals surface area contributed by atoms with Crippen LogP contribution in [0, 0.1) is 0 Å². The third kappa shape index (κ3) is 3.28. The number of hydrogen-bond acceptors (Lipinski definition) is 3. The third-order valence-corrected chi connectivity index (χ3v) is 3.68. The summed E-state index contributed by atoms with van der Waals surface area (Å²) in [5, 5.41) is 0. The van der Waals surface area contributed by atoms with E-state index in [0.717, 1.165) is 24.1 Å². The van der Waals surface area contributed by atoms with Crippen LogP contribution in [0.1, 0.15) is 5.56 Å². The van der Waals surface area contributed by atoms with E-state index < -0.39 is 0 Å². The van der Waals surface area contributed by atoms with Gasteiger partial charge in [0.1, 0.15) is 0 Å². The molecule has 1 aromatic rings. The molecule has 3 nitrogen and oxygen atoms in total. The van der Waals surface area contributed by atoms with Gasteiger partial charge >= 0.3 is 0 Å². The Kier molecular flexibility index (Phi) is 4.56. The van der Waals surface area contributed by atoms with Gasteiger partial charge in [0, 0.05) is 38.3 Å². The zero-order valence-electron chi connectivity index (χ0n) is 10.2. The Balaban J connectivity index is 1.97. The highest BCUT2D eigenvalue weighted by Gasteiger charge is 2.32. The predicted octanol–water partition coefficient (Wildman–Crippen LogP) is 2.29. The van der Waals surface area contributed by atoms with Crippen LogP contribution in [0.15, 0.2) is 28.7 Å². The molecule has 0 N–H and O–H groups in total. The highest BCUT2D eigenvalue weighted by molar-refractivity contribution is 9.10. The van der Waals surface area contributed by atoms with E-state index in [9.17, 15) is 0 Å². The van der Waals surface area contributed by atoms with Gasteiger partial charge in [-0.2, -0.15) is 0 Å². The molecule has 94 valence electrons. The number of nitrogens with zero attached hydrogens (tertiary/aromatic N) is 1. The Labute approximate surface area is 111 Å². The minimum atomic E-state index is 0.187. The maximum Gasteiger partial charge on any atom is 0.0971 e. The van der Waals surface area contributed by atoms with Gasteiger partial charge in [-0.15, -0.1) is 0 Å². The molecule has 2 rings (SSSR count). The standard InChI is InChI=1S/C13H18BrNO2/c1-16-12-8-15(9-13(12)17-2)7-10-4-3-5-11(14)6-10/h3-6,12-13H,7-9H2,1-2H3. The molecule has 0 saturated carbocycles. The summed E-state index contributed by atoms with van der Waals surface area (Å²) in [6, 6.07) is 8.41. The lowest BCUT2D eigenvalue weighted by Gasteiger charge is -2.15. The van der Waals surface area contributed by atoms with Crippen molar-refractivity contribution in [3.05, 3.63) is 34.3 Å². The van der Waals surface area contributed by atoms with Crippen molar-refractivity contribution in [1.29, 1.82) is 0 Å². The van der Waals surface area contributed by atoms with Gasteiger partial charge in [0.15, 0.2) is 0 Å². The van der Waals surface area contributed by atoms with Gasteiger partial charge in [-0.1, -0.05) is 28.1 Å². The summed E-state index contributed by atoms with van der Waals surface area (Å²) < 4.78 is 12.0. The van der Waals surface area contributed by atoms with Gasteiger partial charge in [0.25, 0.3) is 0 Å². The van der Waals surface area contributed by atoms with Crippen LogP contribution in [-0.2, 0) is 16.0 Å². The molecule has 1 aliphatic rings. The highest BCUT2D eigenvalue weighted by Crippen LogP contribution is 2.19. The maximum absolute atomic E-state index is 5.43. The van der Waals surface area contributed by atoms with Gasteiger partial charge in [-0.05, 0) is 17.7 Å². The van der Waals surface area contributed by atoms with Crippen LogP contribution in [0.25, 0.3) is 0 Å². The first kappa shape index (κ1) is 13.0. The van der Waals surface area contributed by atoms with Crippen LogP contribution in [-0.4, -0.2) is 44.4 Å². The Bertz CT molecular complexity index is 360. The van der Waals surface area contributed by atoms with E-state index in [0.29, 0.717) is 0 Å². The van der Waals surface area contributed by atoms with E-state index >= 15 is 0 Å². The van der Waals surface area contributed by atoms with Crippen LogP contribution in [0.2, 0.25) is 0 Å². The third-order valence-electron chi connectivity index (χ3n) is 3.19. The average Bonchev–Trinajstić information content (AvgIpc) is 2.71. The number of benzene rings is 1. The Hall–Kier alpha value is -0.420. The van der Waals surface area contributed by atoms with E-state index in [1.54, 1.807) is 14.2 Å². The summed E-state index contributed by atoms with van der Waals surface area (Å²) >= 11 is 3.49. The summed E-state index contributed by atoms with van der Waals surface area (Å²) in [5.41, 5.74) is 1.31. The smallest absolute Gasteiger partial charge is 0.0971 e. The van der Waals surface area contributed by atoms with Crippen molar-refractivity contribution in [2.24, 2.45) is 0 Å². The first-order valence-electron chi connectivity index (χ1n) is 5.75. The highest BCUT2D eigenvalue weighted by atomic mass is 79.9. The molecule has 1 fully saturated rings. The van der Waals surface area contributed by atoms with E-state index in [2.05, 4.69) is 39.0 Å². The van der Waals surface area contributed by atoms with Crippen LogP contribution >= 0.6 is 15.9 Å². The number of likely N-dealkylation sites (tertiary alicyclic amines) is 1. The van der Waals surface area contributed by atoms with Gasteiger partial charge in [-0.3, -0.25) is 4.90 Å². The minimum absolute atomic E-state index is 0.187. The van der Waals surface area contributed by atoms with Crippen molar-refractivity contribution < 1.29 is 9.47 Å². The second-order valence-corrected chi connectivity index (χ2v) is 5.29. The predicted molar refractivity (Wildman–Crippen MR) is 71.0 cm³/mol. The lowest BCUT2D eigenvalue weighted by atomic mass is 10.2. The van der Waals surface area contributed by atoms with Crippen molar-refractivity contribution in [2.45, 2.75) is 18.8 Å². The van der Waals surface area contributed by atoms with Crippen molar-refractivity contribution in [3.63, 3.8) is 0 Å². The normalized spacial score (nSPS) is 25.4. The zero-order chi connectivity index (χ0) is 12.3. The summed E-state index contributed by atoms with van der Waals surface area (Å²) in [4.78, 5) is 2.37. The van der Waals surface area contributed by atoms with E-state index in [1.165, 1.54) is 5.56 Å². The fourth-order valence-electron chi connectivity index (χ4n) is 2.29. The fraction of sp³-hybridized carbons (Fsp3) is 0.538. The summed E-state index contributed by atoms with van der Waals surface area (Å²) in [5.74, 6) is 0. The monoisotopic (exact) mass is 299 g/mol. The Morgan fingerprint density at radius 1 is 1.24 bits per heavy atom. The van der Waals surface area contributed by atoms with Gasteiger partial charge < -0.3 is 9.47 Å². The molecule has 2 unspecified atom stereocenters. The molecule has 0 amide bonds. The minimum Gasteiger partial charge on any atom is -0.377 e. The SMILES string of the molecule is COC1CN(Cc2cccc(Br)c2)CC1OC. The molecule has 0 spiro atoms. The van der Waals surface area contributed by atoms with Crippen molar-refractivity contribution in [1.82, 2.24) is 4.90 Å². The number of ether oxygens (including phenoxy) is 2. The van der Waals surface area contributed by atoms with Crippen LogP contribution in [0.3, 0.4) is 0 Å². The Morgan fingerprint density at radius 3 is 2.41 bits per heavy atom. The number of methoxy groups -OCH3 is 2. The molecule has 17 heavy (non-hydrogen) atoms. The molecule has 1 aliphatic heterocycles. The van der Waals surface area contributed by atoms with Gasteiger partial charge in [-0.25, -0.2) is 0 Å². The molecule has 1 saturated heterocycles. The van der Waals surface area contributed by atoms with Crippen molar-refractivity contribution >= 4 is 15.9 Å². The van der Waals surface area contributed by atoms with Crippen LogP contribution in [0.4, 0.5) is 0 Å². The molecule has 4 heteroatoms.